The first-order valence-corrected chi connectivity index (χ1v) is 6.82. The van der Waals surface area contributed by atoms with E-state index in [1.165, 1.54) is 4.90 Å². The number of carbonyl (C=O) groups is 1. The Labute approximate surface area is 122 Å². The van der Waals surface area contributed by atoms with Crippen LogP contribution in [0.2, 0.25) is 5.02 Å². The van der Waals surface area contributed by atoms with E-state index >= 15 is 0 Å². The average molecular weight is 302 g/mol. The van der Waals surface area contributed by atoms with Crippen LogP contribution in [0.4, 0.5) is 4.39 Å². The molecule has 1 N–H and O–H groups in total. The van der Waals surface area contributed by atoms with Gasteiger partial charge in [0, 0.05) is 11.4 Å². The van der Waals surface area contributed by atoms with E-state index < -0.39 is 12.2 Å². The average Bonchev–Trinajstić information content (AvgIpc) is 2.81. The third kappa shape index (κ3) is 3.41. The van der Waals surface area contributed by atoms with Crippen molar-refractivity contribution in [3.63, 3.8) is 0 Å². The molecule has 0 aromatic heterocycles. The number of nitrogens with zero attached hydrogens (tertiary/aromatic N) is 1. The van der Waals surface area contributed by atoms with Crippen molar-refractivity contribution in [3.05, 3.63) is 28.8 Å². The van der Waals surface area contributed by atoms with Gasteiger partial charge >= 0.3 is 0 Å². The summed E-state index contributed by atoms with van der Waals surface area (Å²) < 4.78 is 18.7. The second-order valence-corrected chi connectivity index (χ2v) is 5.32. The van der Waals surface area contributed by atoms with Crippen molar-refractivity contribution in [1.29, 1.82) is 0 Å². The summed E-state index contributed by atoms with van der Waals surface area (Å²) in [6.07, 6.45) is -0.892. The molecule has 1 aromatic rings. The number of hydrogen-bond donors (Lipinski definition) is 1. The van der Waals surface area contributed by atoms with E-state index in [1.807, 2.05) is 6.92 Å². The Morgan fingerprint density at radius 3 is 3.00 bits per heavy atom. The summed E-state index contributed by atoms with van der Waals surface area (Å²) in [7, 11) is 0. The Morgan fingerprint density at radius 1 is 1.60 bits per heavy atom. The number of halogens is 2. The zero-order chi connectivity index (χ0) is 14.7. The zero-order valence-corrected chi connectivity index (χ0v) is 11.9. The minimum Gasteiger partial charge on any atom is -0.484 e. The lowest BCUT2D eigenvalue weighted by atomic mass is 10.2. The van der Waals surface area contributed by atoms with Crippen molar-refractivity contribution in [2.75, 3.05) is 19.8 Å². The van der Waals surface area contributed by atoms with Gasteiger partial charge in [-0.2, -0.15) is 0 Å². The minimum atomic E-state index is -1.08. The second kappa shape index (κ2) is 6.41. The van der Waals surface area contributed by atoms with Crippen molar-refractivity contribution in [2.45, 2.75) is 25.6 Å². The van der Waals surface area contributed by atoms with Gasteiger partial charge in [0.1, 0.15) is 11.9 Å². The molecule has 4 nitrogen and oxygen atoms in total. The van der Waals surface area contributed by atoms with Crippen molar-refractivity contribution in [1.82, 2.24) is 4.90 Å². The van der Waals surface area contributed by atoms with Crippen molar-refractivity contribution >= 4 is 17.5 Å². The summed E-state index contributed by atoms with van der Waals surface area (Å²) >= 11 is 5.90. The summed E-state index contributed by atoms with van der Waals surface area (Å²) in [5.74, 6) is 0.216. The highest BCUT2D eigenvalue weighted by Crippen LogP contribution is 2.22. The number of aliphatic hydroxyl groups is 1. The lowest BCUT2D eigenvalue weighted by Gasteiger charge is -2.22. The molecular formula is C14H17ClFNO3. The van der Waals surface area contributed by atoms with Crippen molar-refractivity contribution < 1.29 is 19.0 Å². The molecular weight excluding hydrogens is 285 g/mol. The number of carbonyl (C=O) groups excluding carboxylic acids is 1. The minimum absolute atomic E-state index is 0.0209. The first-order chi connectivity index (χ1) is 9.51. The largest absolute Gasteiger partial charge is 0.484 e. The molecule has 2 rings (SSSR count). The molecule has 0 unspecified atom stereocenters. The first-order valence-electron chi connectivity index (χ1n) is 6.44. The van der Waals surface area contributed by atoms with E-state index in [1.54, 1.807) is 18.2 Å². The smallest absolute Gasteiger partial charge is 0.260 e. The number of rotatable bonds is 4. The molecule has 0 spiro atoms. The molecule has 1 aliphatic rings. The monoisotopic (exact) mass is 301 g/mol. The Bertz CT molecular complexity index is 497. The number of hydrogen-bond acceptors (Lipinski definition) is 3. The molecule has 0 aliphatic carbocycles. The van der Waals surface area contributed by atoms with Crippen LogP contribution in [-0.4, -0.2) is 47.9 Å². The van der Waals surface area contributed by atoms with E-state index in [-0.39, 0.29) is 32.1 Å². The topological polar surface area (TPSA) is 49.8 Å². The van der Waals surface area contributed by atoms with Crippen LogP contribution in [0.1, 0.15) is 12.0 Å². The molecule has 20 heavy (non-hydrogen) atoms. The van der Waals surface area contributed by atoms with Gasteiger partial charge in [-0.05, 0) is 30.7 Å². The van der Waals surface area contributed by atoms with E-state index in [2.05, 4.69) is 0 Å². The summed E-state index contributed by atoms with van der Waals surface area (Å²) in [5.41, 5.74) is 0.856. The lowest BCUT2D eigenvalue weighted by molar-refractivity contribution is -0.135. The highest BCUT2D eigenvalue weighted by Gasteiger charge is 2.34. The number of benzene rings is 1. The van der Waals surface area contributed by atoms with E-state index in [4.69, 9.17) is 21.4 Å². The molecule has 0 saturated carbocycles. The Hall–Kier alpha value is -1.33. The molecule has 0 bridgehead atoms. The summed E-state index contributed by atoms with van der Waals surface area (Å²) in [6, 6.07) is 4.66. The van der Waals surface area contributed by atoms with Gasteiger partial charge in [0.2, 0.25) is 0 Å². The lowest BCUT2D eigenvalue weighted by Crippen LogP contribution is -2.40. The Balaban J connectivity index is 1.93. The zero-order valence-electron chi connectivity index (χ0n) is 11.2. The van der Waals surface area contributed by atoms with Gasteiger partial charge in [-0.3, -0.25) is 4.79 Å². The quantitative estimate of drug-likeness (QED) is 0.925. The third-order valence-electron chi connectivity index (χ3n) is 3.39. The highest BCUT2D eigenvalue weighted by molar-refractivity contribution is 6.31. The molecule has 6 heteroatoms. The van der Waals surface area contributed by atoms with Gasteiger partial charge in [0.15, 0.2) is 6.61 Å². The molecule has 1 saturated heterocycles. The molecule has 0 radical (unpaired) electrons. The fourth-order valence-electron chi connectivity index (χ4n) is 2.27. The van der Waals surface area contributed by atoms with Gasteiger partial charge in [-0.15, -0.1) is 0 Å². The Morgan fingerprint density at radius 2 is 2.35 bits per heavy atom. The molecule has 110 valence electrons. The molecule has 1 amide bonds. The van der Waals surface area contributed by atoms with Crippen LogP contribution in [0, 0.1) is 6.92 Å². The number of likely N-dealkylation sites (tertiary alicyclic amines) is 1. The van der Waals surface area contributed by atoms with Crippen LogP contribution >= 0.6 is 11.6 Å². The van der Waals surface area contributed by atoms with Crippen LogP contribution in [0.5, 0.6) is 5.75 Å². The summed E-state index contributed by atoms with van der Waals surface area (Å²) in [6.45, 7) is 1.45. The number of aliphatic hydroxyl groups excluding tert-OH is 1. The van der Waals surface area contributed by atoms with Crippen molar-refractivity contribution in [3.8, 4) is 5.75 Å². The maximum Gasteiger partial charge on any atom is 0.260 e. The maximum absolute atomic E-state index is 13.3. The molecule has 1 aliphatic heterocycles. The second-order valence-electron chi connectivity index (χ2n) is 4.92. The fraction of sp³-hybridized carbons (Fsp3) is 0.500. The summed E-state index contributed by atoms with van der Waals surface area (Å²) in [4.78, 5) is 13.3. The number of alkyl halides is 1. The van der Waals surface area contributed by atoms with Crippen molar-refractivity contribution in [2.24, 2.45) is 0 Å². The van der Waals surface area contributed by atoms with E-state index in [0.29, 0.717) is 10.8 Å². The van der Waals surface area contributed by atoms with Gasteiger partial charge in [-0.1, -0.05) is 11.6 Å². The van der Waals surface area contributed by atoms with Gasteiger partial charge in [0.25, 0.3) is 5.91 Å². The van der Waals surface area contributed by atoms with E-state index in [0.717, 1.165) is 5.56 Å². The predicted molar refractivity (Wildman–Crippen MR) is 73.8 cm³/mol. The number of aryl methyl sites for hydroxylation is 1. The summed E-state index contributed by atoms with van der Waals surface area (Å²) in [5, 5.41) is 9.77. The van der Waals surface area contributed by atoms with Crippen LogP contribution in [-0.2, 0) is 4.79 Å². The van der Waals surface area contributed by atoms with Gasteiger partial charge < -0.3 is 14.7 Å². The molecule has 1 aromatic carbocycles. The maximum atomic E-state index is 13.3. The standard InChI is InChI=1S/C14H17ClFNO3/c1-9-4-12(2-3-13(9)15)20-8-14(19)17-6-10(16)5-11(17)7-18/h2-4,10-11,18H,5-8H2,1H3/t10-,11-/m0/s1. The Kier molecular flexibility index (Phi) is 4.83. The predicted octanol–water partition coefficient (Wildman–Crippen LogP) is 1.96. The van der Waals surface area contributed by atoms with E-state index in [9.17, 15) is 9.18 Å². The van der Waals surface area contributed by atoms with Crippen LogP contribution in [0.15, 0.2) is 18.2 Å². The van der Waals surface area contributed by atoms with Crippen LogP contribution < -0.4 is 4.74 Å². The normalized spacial score (nSPS) is 22.1. The molecule has 2 atom stereocenters. The van der Waals surface area contributed by atoms with Crippen LogP contribution in [0.3, 0.4) is 0 Å². The number of ether oxygens (including phenoxy) is 1. The molecule has 1 heterocycles. The first kappa shape index (κ1) is 15.1. The van der Waals surface area contributed by atoms with Gasteiger partial charge in [0.05, 0.1) is 19.2 Å². The highest BCUT2D eigenvalue weighted by atomic mass is 35.5. The SMILES string of the molecule is Cc1cc(OCC(=O)N2C[C@@H](F)C[C@H]2CO)ccc1Cl. The molecule has 1 fully saturated rings. The van der Waals surface area contributed by atoms with Gasteiger partial charge in [-0.25, -0.2) is 4.39 Å². The third-order valence-corrected chi connectivity index (χ3v) is 3.81. The fourth-order valence-corrected chi connectivity index (χ4v) is 2.39. The number of amides is 1. The van der Waals surface area contributed by atoms with Crippen LogP contribution in [0.25, 0.3) is 0 Å².